The minimum atomic E-state index is -4.70. The fraction of sp³-hybridized carbons (Fsp3) is 0.923. The number of alkyl halides is 3. The second-order valence-corrected chi connectivity index (χ2v) is 5.44. The van der Waals surface area contributed by atoms with Gasteiger partial charge in [0.1, 0.15) is 0 Å². The Labute approximate surface area is 117 Å². The molecule has 1 atom stereocenters. The maximum Gasteiger partial charge on any atom is 0.416 e. The van der Waals surface area contributed by atoms with E-state index >= 15 is 0 Å². The summed E-state index contributed by atoms with van der Waals surface area (Å²) in [6.45, 7) is 1.82. The Bertz CT molecular complexity index is 302. The van der Waals surface area contributed by atoms with Crippen molar-refractivity contribution in [3.05, 3.63) is 0 Å². The Morgan fingerprint density at radius 2 is 1.75 bits per heavy atom. The lowest BCUT2D eigenvalue weighted by Crippen LogP contribution is -2.45. The number of hydrogen-bond acceptors (Lipinski definition) is 2. The minimum absolute atomic E-state index is 0.399. The fourth-order valence-electron chi connectivity index (χ4n) is 2.45. The Balaban J connectivity index is 2.15. The standard InChI is InChI=1S/C13H23F3N2O2/c1-2-9-3-5-10(6-4-9)7-17-12(20)18-8-11(19)13(14,15)16/h9-11,19H,2-8H2,1H3,(H2,17,18,20). The molecule has 1 rings (SSSR count). The summed E-state index contributed by atoms with van der Waals surface area (Å²) < 4.78 is 36.1. The molecule has 118 valence electrons. The Kier molecular flexibility index (Phi) is 6.58. The van der Waals surface area contributed by atoms with Crippen molar-refractivity contribution in [2.45, 2.75) is 51.3 Å². The number of rotatable bonds is 5. The summed E-state index contributed by atoms with van der Waals surface area (Å²) in [7, 11) is 0. The first-order chi connectivity index (χ1) is 9.32. The molecule has 1 aliphatic rings. The van der Waals surface area contributed by atoms with Crippen LogP contribution < -0.4 is 10.6 Å². The van der Waals surface area contributed by atoms with Crippen LogP contribution in [0.25, 0.3) is 0 Å². The predicted molar refractivity (Wildman–Crippen MR) is 69.2 cm³/mol. The number of carbonyl (C=O) groups excluding carboxylic acids is 1. The zero-order valence-corrected chi connectivity index (χ0v) is 11.7. The lowest BCUT2D eigenvalue weighted by molar-refractivity contribution is -0.201. The maximum atomic E-state index is 12.0. The molecule has 1 saturated carbocycles. The first-order valence-electron chi connectivity index (χ1n) is 7.09. The molecule has 0 aromatic carbocycles. The molecule has 20 heavy (non-hydrogen) atoms. The molecule has 1 unspecified atom stereocenters. The van der Waals surface area contributed by atoms with Gasteiger partial charge in [0.15, 0.2) is 6.10 Å². The maximum absolute atomic E-state index is 12.0. The van der Waals surface area contributed by atoms with E-state index in [-0.39, 0.29) is 0 Å². The first kappa shape index (κ1) is 17.1. The van der Waals surface area contributed by atoms with Crippen LogP contribution in [-0.4, -0.2) is 36.5 Å². The average molecular weight is 296 g/mol. The van der Waals surface area contributed by atoms with Crippen LogP contribution in [0.15, 0.2) is 0 Å². The monoisotopic (exact) mass is 296 g/mol. The number of nitrogens with one attached hydrogen (secondary N) is 2. The summed E-state index contributed by atoms with van der Waals surface area (Å²) in [6.07, 6.45) is -1.65. The van der Waals surface area contributed by atoms with Gasteiger partial charge in [0.2, 0.25) is 0 Å². The van der Waals surface area contributed by atoms with Crippen molar-refractivity contribution < 1.29 is 23.1 Å². The van der Waals surface area contributed by atoms with E-state index in [1.54, 1.807) is 0 Å². The number of hydrogen-bond donors (Lipinski definition) is 3. The summed E-state index contributed by atoms with van der Waals surface area (Å²) >= 11 is 0. The van der Waals surface area contributed by atoms with Crippen LogP contribution >= 0.6 is 0 Å². The molecule has 1 fully saturated rings. The minimum Gasteiger partial charge on any atom is -0.382 e. The van der Waals surface area contributed by atoms with E-state index in [0.29, 0.717) is 12.5 Å². The number of aliphatic hydroxyl groups excluding tert-OH is 1. The summed E-state index contributed by atoms with van der Waals surface area (Å²) in [5, 5.41) is 13.3. The molecule has 7 heteroatoms. The van der Waals surface area contributed by atoms with Crippen molar-refractivity contribution >= 4 is 6.03 Å². The molecule has 0 aliphatic heterocycles. The van der Waals surface area contributed by atoms with Crippen LogP contribution in [-0.2, 0) is 0 Å². The van der Waals surface area contributed by atoms with Gasteiger partial charge in [-0.05, 0) is 24.7 Å². The third kappa shape index (κ3) is 5.98. The molecule has 2 amide bonds. The highest BCUT2D eigenvalue weighted by molar-refractivity contribution is 5.73. The zero-order valence-electron chi connectivity index (χ0n) is 11.7. The van der Waals surface area contributed by atoms with Gasteiger partial charge in [-0.15, -0.1) is 0 Å². The lowest BCUT2D eigenvalue weighted by Gasteiger charge is -2.27. The number of urea groups is 1. The van der Waals surface area contributed by atoms with Crippen molar-refractivity contribution in [2.24, 2.45) is 11.8 Å². The Morgan fingerprint density at radius 1 is 1.20 bits per heavy atom. The molecule has 0 spiro atoms. The van der Waals surface area contributed by atoms with E-state index in [1.807, 2.05) is 5.32 Å². The van der Waals surface area contributed by atoms with Crippen molar-refractivity contribution in [3.63, 3.8) is 0 Å². The largest absolute Gasteiger partial charge is 0.416 e. The number of halogens is 3. The molecule has 0 radical (unpaired) electrons. The van der Waals surface area contributed by atoms with E-state index in [9.17, 15) is 18.0 Å². The molecule has 4 nitrogen and oxygen atoms in total. The molecular weight excluding hydrogens is 273 g/mol. The number of carbonyl (C=O) groups is 1. The van der Waals surface area contributed by atoms with E-state index in [4.69, 9.17) is 5.11 Å². The second kappa shape index (κ2) is 7.71. The van der Waals surface area contributed by atoms with Crippen molar-refractivity contribution in [1.82, 2.24) is 10.6 Å². The van der Waals surface area contributed by atoms with Gasteiger partial charge in [-0.2, -0.15) is 13.2 Å². The van der Waals surface area contributed by atoms with E-state index in [0.717, 1.165) is 31.6 Å². The normalized spacial score (nSPS) is 25.1. The van der Waals surface area contributed by atoms with Crippen LogP contribution in [0.5, 0.6) is 0 Å². The van der Waals surface area contributed by atoms with Gasteiger partial charge in [0.05, 0.1) is 6.54 Å². The summed E-state index contributed by atoms with van der Waals surface area (Å²) in [5.74, 6) is 1.16. The van der Waals surface area contributed by atoms with E-state index in [1.165, 1.54) is 6.42 Å². The van der Waals surface area contributed by atoms with Gasteiger partial charge in [-0.3, -0.25) is 0 Å². The Morgan fingerprint density at radius 3 is 2.25 bits per heavy atom. The van der Waals surface area contributed by atoms with E-state index < -0.39 is 24.9 Å². The van der Waals surface area contributed by atoms with Crippen molar-refractivity contribution in [2.75, 3.05) is 13.1 Å². The SMILES string of the molecule is CCC1CCC(CNC(=O)NCC(O)C(F)(F)F)CC1. The quantitative estimate of drug-likeness (QED) is 0.729. The van der Waals surface area contributed by atoms with Crippen molar-refractivity contribution in [1.29, 1.82) is 0 Å². The van der Waals surface area contributed by atoms with E-state index in [2.05, 4.69) is 12.2 Å². The smallest absolute Gasteiger partial charge is 0.382 e. The van der Waals surface area contributed by atoms with Gasteiger partial charge >= 0.3 is 12.2 Å². The summed E-state index contributed by atoms with van der Waals surface area (Å²) in [4.78, 5) is 11.3. The van der Waals surface area contributed by atoms with Crippen LogP contribution in [0.3, 0.4) is 0 Å². The fourth-order valence-corrected chi connectivity index (χ4v) is 2.45. The summed E-state index contributed by atoms with van der Waals surface area (Å²) in [5.41, 5.74) is 0. The van der Waals surface area contributed by atoms with Gasteiger partial charge in [-0.1, -0.05) is 26.2 Å². The highest BCUT2D eigenvalue weighted by Crippen LogP contribution is 2.30. The van der Waals surface area contributed by atoms with Crippen LogP contribution in [0.4, 0.5) is 18.0 Å². The van der Waals surface area contributed by atoms with Gasteiger partial charge in [-0.25, -0.2) is 4.79 Å². The lowest BCUT2D eigenvalue weighted by atomic mass is 9.81. The van der Waals surface area contributed by atoms with Gasteiger partial charge in [0, 0.05) is 6.54 Å². The molecular formula is C13H23F3N2O2. The molecule has 0 aromatic rings. The summed E-state index contributed by atoms with van der Waals surface area (Å²) in [6, 6.07) is -0.661. The van der Waals surface area contributed by atoms with Gasteiger partial charge < -0.3 is 15.7 Å². The average Bonchev–Trinajstić information content (AvgIpc) is 2.41. The first-order valence-corrected chi connectivity index (χ1v) is 7.09. The predicted octanol–water partition coefficient (Wildman–Crippen LogP) is 2.43. The Hall–Kier alpha value is -0.980. The number of amides is 2. The van der Waals surface area contributed by atoms with Gasteiger partial charge in [0.25, 0.3) is 0 Å². The highest BCUT2D eigenvalue weighted by atomic mass is 19.4. The number of aliphatic hydroxyl groups is 1. The molecule has 0 aromatic heterocycles. The zero-order chi connectivity index (χ0) is 15.2. The van der Waals surface area contributed by atoms with Crippen LogP contribution in [0.1, 0.15) is 39.0 Å². The highest BCUT2D eigenvalue weighted by Gasteiger charge is 2.38. The molecule has 0 heterocycles. The van der Waals surface area contributed by atoms with Crippen LogP contribution in [0, 0.1) is 11.8 Å². The second-order valence-electron chi connectivity index (χ2n) is 5.44. The van der Waals surface area contributed by atoms with Crippen molar-refractivity contribution in [3.8, 4) is 0 Å². The third-order valence-electron chi connectivity index (χ3n) is 3.93. The molecule has 1 aliphatic carbocycles. The molecule has 0 saturated heterocycles. The van der Waals surface area contributed by atoms with Crippen LogP contribution in [0.2, 0.25) is 0 Å². The topological polar surface area (TPSA) is 61.4 Å². The molecule has 3 N–H and O–H groups in total. The third-order valence-corrected chi connectivity index (χ3v) is 3.93. The molecule has 0 bridgehead atoms.